The van der Waals surface area contributed by atoms with Gasteiger partial charge >= 0.3 is 0 Å². The summed E-state index contributed by atoms with van der Waals surface area (Å²) in [5.74, 6) is 1.01. The Morgan fingerprint density at radius 2 is 2.22 bits per heavy atom. The number of ether oxygens (including phenoxy) is 2. The van der Waals surface area contributed by atoms with Gasteiger partial charge in [0.15, 0.2) is 12.4 Å². The zero-order valence-electron chi connectivity index (χ0n) is 12.3. The lowest BCUT2D eigenvalue weighted by Gasteiger charge is -2.08. The van der Waals surface area contributed by atoms with Crippen LogP contribution in [0, 0.1) is 0 Å². The van der Waals surface area contributed by atoms with E-state index in [2.05, 4.69) is 15.5 Å². The van der Waals surface area contributed by atoms with E-state index in [0.29, 0.717) is 40.5 Å². The fraction of sp³-hybridized carbons (Fsp3) is 0.357. The molecule has 1 amide bonds. The number of halogens is 2. The van der Waals surface area contributed by atoms with Crippen molar-refractivity contribution < 1.29 is 18.8 Å². The third-order valence-electron chi connectivity index (χ3n) is 2.70. The molecule has 0 saturated carbocycles. The lowest BCUT2D eigenvalue weighted by atomic mass is 10.3. The molecule has 0 aliphatic rings. The summed E-state index contributed by atoms with van der Waals surface area (Å²) in [4.78, 5) is 15.8. The third kappa shape index (κ3) is 5.70. The van der Waals surface area contributed by atoms with Crippen molar-refractivity contribution in [1.29, 1.82) is 0 Å². The molecule has 1 aromatic heterocycles. The monoisotopic (exact) mass is 359 g/mol. The summed E-state index contributed by atoms with van der Waals surface area (Å²) >= 11 is 11.7. The number of nitrogens with one attached hydrogen (secondary N) is 1. The van der Waals surface area contributed by atoms with Gasteiger partial charge in [-0.1, -0.05) is 28.4 Å². The van der Waals surface area contributed by atoms with Crippen LogP contribution in [0.15, 0.2) is 22.7 Å². The number of nitrogens with zero attached hydrogens (tertiary/aromatic N) is 2. The molecule has 124 valence electrons. The largest absolute Gasteiger partial charge is 0.482 e. The molecule has 0 radical (unpaired) electrons. The second-order valence-corrected chi connectivity index (χ2v) is 5.34. The van der Waals surface area contributed by atoms with Crippen molar-refractivity contribution in [1.82, 2.24) is 15.5 Å². The number of aromatic nitrogens is 2. The number of rotatable bonds is 8. The molecule has 0 spiro atoms. The first kappa shape index (κ1) is 17.5. The molecule has 0 aliphatic carbocycles. The molecule has 1 heterocycles. The Morgan fingerprint density at radius 3 is 2.96 bits per heavy atom. The molecule has 1 aromatic carbocycles. The zero-order chi connectivity index (χ0) is 16.7. The summed E-state index contributed by atoms with van der Waals surface area (Å²) in [6.07, 6.45) is 0.421. The van der Waals surface area contributed by atoms with E-state index in [4.69, 9.17) is 37.2 Å². The van der Waals surface area contributed by atoms with Gasteiger partial charge in [-0.15, -0.1) is 0 Å². The van der Waals surface area contributed by atoms with Crippen LogP contribution in [-0.4, -0.2) is 36.3 Å². The van der Waals surface area contributed by atoms with E-state index in [1.807, 2.05) is 0 Å². The van der Waals surface area contributed by atoms with Crippen molar-refractivity contribution in [2.24, 2.45) is 0 Å². The third-order valence-corrected chi connectivity index (χ3v) is 3.23. The van der Waals surface area contributed by atoms with Crippen LogP contribution >= 0.6 is 23.2 Å². The molecule has 0 saturated heterocycles. The number of benzene rings is 1. The van der Waals surface area contributed by atoms with Gasteiger partial charge in [0.2, 0.25) is 5.89 Å². The molecule has 23 heavy (non-hydrogen) atoms. The van der Waals surface area contributed by atoms with E-state index in [0.717, 1.165) is 0 Å². The highest BCUT2D eigenvalue weighted by molar-refractivity contribution is 6.35. The minimum absolute atomic E-state index is 0.153. The first-order valence-electron chi connectivity index (χ1n) is 6.73. The van der Waals surface area contributed by atoms with Crippen LogP contribution in [0.5, 0.6) is 5.75 Å². The average Bonchev–Trinajstić information content (AvgIpc) is 2.94. The lowest BCUT2D eigenvalue weighted by molar-refractivity contribution is -0.123. The molecule has 7 nitrogen and oxygen atoms in total. The first-order chi connectivity index (χ1) is 11.1. The zero-order valence-corrected chi connectivity index (χ0v) is 13.9. The maximum atomic E-state index is 11.7. The Hall–Kier alpha value is -1.83. The molecule has 2 rings (SSSR count). The van der Waals surface area contributed by atoms with E-state index in [9.17, 15) is 4.79 Å². The molecular weight excluding hydrogens is 345 g/mol. The summed E-state index contributed by atoms with van der Waals surface area (Å²) in [6, 6.07) is 4.78. The standard InChI is InChI=1S/C14H15Cl2N3O4/c1-21-7-12-18-14(23-19-12)4-5-17-13(20)8-22-11-3-2-9(15)6-10(11)16/h2-3,6H,4-5,7-8H2,1H3,(H,17,20). The van der Waals surface area contributed by atoms with E-state index >= 15 is 0 Å². The fourth-order valence-corrected chi connectivity index (χ4v) is 2.14. The summed E-state index contributed by atoms with van der Waals surface area (Å²) in [6.45, 7) is 0.483. The molecule has 1 N–H and O–H groups in total. The van der Waals surface area contributed by atoms with E-state index in [1.54, 1.807) is 25.3 Å². The highest BCUT2D eigenvalue weighted by Crippen LogP contribution is 2.27. The van der Waals surface area contributed by atoms with Crippen LogP contribution in [-0.2, 0) is 22.6 Å². The Bertz CT molecular complexity index is 663. The molecule has 0 atom stereocenters. The SMILES string of the molecule is COCc1noc(CCNC(=O)COc2ccc(Cl)cc2Cl)n1. The van der Waals surface area contributed by atoms with Crippen molar-refractivity contribution in [3.05, 3.63) is 40.0 Å². The number of amides is 1. The fourth-order valence-electron chi connectivity index (χ4n) is 1.67. The minimum atomic E-state index is -0.285. The summed E-state index contributed by atoms with van der Waals surface area (Å²) in [5, 5.41) is 7.25. The highest BCUT2D eigenvalue weighted by atomic mass is 35.5. The summed E-state index contributed by atoms with van der Waals surface area (Å²) < 4.78 is 15.2. The van der Waals surface area contributed by atoms with E-state index in [-0.39, 0.29) is 19.1 Å². The van der Waals surface area contributed by atoms with Crippen molar-refractivity contribution in [2.45, 2.75) is 13.0 Å². The van der Waals surface area contributed by atoms with Gasteiger partial charge in [0.1, 0.15) is 12.4 Å². The van der Waals surface area contributed by atoms with Crippen molar-refractivity contribution in [2.75, 3.05) is 20.3 Å². The molecule has 0 unspecified atom stereocenters. The highest BCUT2D eigenvalue weighted by Gasteiger charge is 2.08. The Balaban J connectivity index is 1.70. The molecule has 0 bridgehead atoms. The normalized spacial score (nSPS) is 10.6. The second-order valence-electron chi connectivity index (χ2n) is 4.50. The number of hydrogen-bond acceptors (Lipinski definition) is 6. The predicted octanol–water partition coefficient (Wildman–Crippen LogP) is 2.26. The Morgan fingerprint density at radius 1 is 1.39 bits per heavy atom. The van der Waals surface area contributed by atoms with Gasteiger partial charge in [-0.2, -0.15) is 4.98 Å². The predicted molar refractivity (Wildman–Crippen MR) is 83.7 cm³/mol. The van der Waals surface area contributed by atoms with Crippen molar-refractivity contribution >= 4 is 29.1 Å². The molecule has 9 heteroatoms. The molecule has 0 aliphatic heterocycles. The second kappa shape index (κ2) is 8.71. The summed E-state index contributed by atoms with van der Waals surface area (Å²) in [5.41, 5.74) is 0. The lowest BCUT2D eigenvalue weighted by Crippen LogP contribution is -2.30. The van der Waals surface area contributed by atoms with E-state index in [1.165, 1.54) is 0 Å². The van der Waals surface area contributed by atoms with Crippen LogP contribution in [0.2, 0.25) is 10.0 Å². The van der Waals surface area contributed by atoms with Crippen LogP contribution in [0.4, 0.5) is 0 Å². The van der Waals surface area contributed by atoms with Gasteiger partial charge in [-0.25, -0.2) is 0 Å². The van der Waals surface area contributed by atoms with Gasteiger partial charge in [-0.3, -0.25) is 4.79 Å². The van der Waals surface area contributed by atoms with Gasteiger partial charge in [0, 0.05) is 25.1 Å². The van der Waals surface area contributed by atoms with Crippen molar-refractivity contribution in [3.63, 3.8) is 0 Å². The molecule has 0 fully saturated rings. The van der Waals surface area contributed by atoms with E-state index < -0.39 is 0 Å². The Kier molecular flexibility index (Phi) is 6.64. The van der Waals surface area contributed by atoms with Crippen LogP contribution in [0.3, 0.4) is 0 Å². The average molecular weight is 360 g/mol. The van der Waals surface area contributed by atoms with Crippen LogP contribution in [0.25, 0.3) is 0 Å². The summed E-state index contributed by atoms with van der Waals surface area (Å²) in [7, 11) is 1.54. The minimum Gasteiger partial charge on any atom is -0.482 e. The quantitative estimate of drug-likeness (QED) is 0.777. The first-order valence-corrected chi connectivity index (χ1v) is 7.49. The number of carbonyl (C=O) groups excluding carboxylic acids is 1. The Labute approximate surface area is 142 Å². The number of carbonyl (C=O) groups is 1. The number of methoxy groups -OCH3 is 1. The van der Waals surface area contributed by atoms with Crippen molar-refractivity contribution in [3.8, 4) is 5.75 Å². The topological polar surface area (TPSA) is 86.5 Å². The maximum Gasteiger partial charge on any atom is 0.257 e. The molecular formula is C14H15Cl2N3O4. The molecule has 2 aromatic rings. The van der Waals surface area contributed by atoms with Gasteiger partial charge in [0.25, 0.3) is 5.91 Å². The van der Waals surface area contributed by atoms with Gasteiger partial charge in [0.05, 0.1) is 5.02 Å². The smallest absolute Gasteiger partial charge is 0.257 e. The van der Waals surface area contributed by atoms with Gasteiger partial charge in [-0.05, 0) is 18.2 Å². The number of hydrogen-bond donors (Lipinski definition) is 1. The van der Waals surface area contributed by atoms with Crippen LogP contribution in [0.1, 0.15) is 11.7 Å². The van der Waals surface area contributed by atoms with Gasteiger partial charge < -0.3 is 19.3 Å². The maximum absolute atomic E-state index is 11.7. The van der Waals surface area contributed by atoms with Crippen LogP contribution < -0.4 is 10.1 Å².